The van der Waals surface area contributed by atoms with Crippen molar-refractivity contribution in [1.29, 1.82) is 0 Å². The molecule has 1 aromatic rings. The van der Waals surface area contributed by atoms with Crippen molar-refractivity contribution in [2.75, 3.05) is 0 Å². The smallest absolute Gasteiger partial charge is 0.307 e. The number of amides is 1. The second-order valence-electron chi connectivity index (χ2n) is 5.35. The molecule has 0 bridgehead atoms. The minimum atomic E-state index is -0.860. The van der Waals surface area contributed by atoms with Gasteiger partial charge in [0.05, 0.1) is 17.9 Å². The van der Waals surface area contributed by atoms with Crippen LogP contribution < -0.4 is 5.32 Å². The van der Waals surface area contributed by atoms with Gasteiger partial charge in [-0.1, -0.05) is 12.8 Å². The first kappa shape index (κ1) is 14.5. The Morgan fingerprint density at radius 1 is 1.25 bits per heavy atom. The Bertz CT molecular complexity index is 475. The van der Waals surface area contributed by atoms with Crippen LogP contribution in [0.4, 0.5) is 0 Å². The molecule has 3 atom stereocenters. The quantitative estimate of drug-likeness (QED) is 0.883. The summed E-state index contributed by atoms with van der Waals surface area (Å²) >= 11 is 0. The van der Waals surface area contributed by atoms with E-state index in [4.69, 9.17) is 0 Å². The van der Waals surface area contributed by atoms with Crippen LogP contribution in [-0.4, -0.2) is 22.0 Å². The summed E-state index contributed by atoms with van der Waals surface area (Å²) in [5, 5.41) is 12.1. The molecule has 1 unspecified atom stereocenters. The largest absolute Gasteiger partial charge is 0.481 e. The molecule has 1 heterocycles. The minimum absolute atomic E-state index is 0.137. The Hall–Kier alpha value is -1.91. The van der Waals surface area contributed by atoms with Gasteiger partial charge in [-0.2, -0.15) is 0 Å². The van der Waals surface area contributed by atoms with Crippen LogP contribution in [-0.2, 0) is 9.59 Å². The second-order valence-corrected chi connectivity index (χ2v) is 5.35. The van der Waals surface area contributed by atoms with Crippen LogP contribution in [0.15, 0.2) is 24.5 Å². The standard InChI is InChI=1S/C15H20N2O3/c1-10(11-6-8-16-9-7-11)17-14(18)12-4-2-3-5-13(12)15(19)20/h6-10,12-13H,2-5H2,1H3,(H,17,18)(H,19,20)/t10?,12-,13+/m1/s1. The van der Waals surface area contributed by atoms with E-state index in [1.165, 1.54) is 0 Å². The first-order chi connectivity index (χ1) is 9.59. The monoisotopic (exact) mass is 276 g/mol. The van der Waals surface area contributed by atoms with Gasteiger partial charge in [-0.25, -0.2) is 0 Å². The molecule has 0 radical (unpaired) electrons. The highest BCUT2D eigenvalue weighted by Crippen LogP contribution is 2.31. The molecule has 20 heavy (non-hydrogen) atoms. The number of nitrogens with zero attached hydrogens (tertiary/aromatic N) is 1. The average molecular weight is 276 g/mol. The Morgan fingerprint density at radius 3 is 2.45 bits per heavy atom. The maximum Gasteiger partial charge on any atom is 0.307 e. The van der Waals surface area contributed by atoms with Crippen LogP contribution in [0.1, 0.15) is 44.2 Å². The Kier molecular flexibility index (Phi) is 4.71. The molecule has 0 spiro atoms. The molecule has 1 aliphatic carbocycles. The van der Waals surface area contributed by atoms with Crippen molar-refractivity contribution < 1.29 is 14.7 Å². The van der Waals surface area contributed by atoms with Crippen molar-refractivity contribution in [1.82, 2.24) is 10.3 Å². The lowest BCUT2D eigenvalue weighted by Gasteiger charge is -2.28. The summed E-state index contributed by atoms with van der Waals surface area (Å²) in [4.78, 5) is 27.5. The van der Waals surface area contributed by atoms with Crippen molar-refractivity contribution in [3.8, 4) is 0 Å². The first-order valence-electron chi connectivity index (χ1n) is 7.02. The number of hydrogen-bond donors (Lipinski definition) is 2. The summed E-state index contributed by atoms with van der Waals surface area (Å²) in [6, 6.07) is 3.56. The predicted molar refractivity (Wildman–Crippen MR) is 73.9 cm³/mol. The van der Waals surface area contributed by atoms with Gasteiger partial charge in [0.25, 0.3) is 0 Å². The third-order valence-electron chi connectivity index (χ3n) is 3.98. The number of rotatable bonds is 4. The highest BCUT2D eigenvalue weighted by Gasteiger charge is 2.36. The molecule has 0 saturated heterocycles. The fourth-order valence-corrected chi connectivity index (χ4v) is 2.80. The molecule has 2 N–H and O–H groups in total. The number of carboxylic acid groups (broad SMARTS) is 1. The Labute approximate surface area is 118 Å². The molecule has 5 nitrogen and oxygen atoms in total. The van der Waals surface area contributed by atoms with E-state index < -0.39 is 17.8 Å². The third kappa shape index (κ3) is 3.35. The van der Waals surface area contributed by atoms with E-state index in [1.54, 1.807) is 12.4 Å². The fourth-order valence-electron chi connectivity index (χ4n) is 2.80. The third-order valence-corrected chi connectivity index (χ3v) is 3.98. The summed E-state index contributed by atoms with van der Waals surface area (Å²) < 4.78 is 0. The molecular formula is C15H20N2O3. The molecule has 1 aliphatic rings. The summed E-state index contributed by atoms with van der Waals surface area (Å²) in [5.74, 6) is -1.97. The van der Waals surface area contributed by atoms with Gasteiger partial charge in [0.15, 0.2) is 0 Å². The molecule has 0 aliphatic heterocycles. The maximum absolute atomic E-state index is 12.3. The van der Waals surface area contributed by atoms with Gasteiger partial charge in [-0.05, 0) is 37.5 Å². The molecule has 5 heteroatoms. The Morgan fingerprint density at radius 2 is 1.85 bits per heavy atom. The van der Waals surface area contributed by atoms with Crippen LogP contribution in [0, 0.1) is 11.8 Å². The van der Waals surface area contributed by atoms with Crippen LogP contribution in [0.2, 0.25) is 0 Å². The average Bonchev–Trinajstić information content (AvgIpc) is 2.48. The molecule has 1 fully saturated rings. The summed E-state index contributed by atoms with van der Waals surface area (Å²) in [5.41, 5.74) is 0.969. The number of nitrogens with one attached hydrogen (secondary N) is 1. The van der Waals surface area contributed by atoms with Gasteiger partial charge >= 0.3 is 5.97 Å². The van der Waals surface area contributed by atoms with Gasteiger partial charge in [-0.15, -0.1) is 0 Å². The van der Waals surface area contributed by atoms with Crippen molar-refractivity contribution >= 4 is 11.9 Å². The van der Waals surface area contributed by atoms with Crippen molar-refractivity contribution in [2.24, 2.45) is 11.8 Å². The van der Waals surface area contributed by atoms with Gasteiger partial charge in [-0.3, -0.25) is 14.6 Å². The number of carbonyl (C=O) groups excluding carboxylic acids is 1. The summed E-state index contributed by atoms with van der Waals surface area (Å²) in [7, 11) is 0. The van der Waals surface area contributed by atoms with E-state index >= 15 is 0 Å². The van der Waals surface area contributed by atoms with Gasteiger partial charge in [0.1, 0.15) is 0 Å². The lowest BCUT2D eigenvalue weighted by atomic mass is 9.78. The zero-order chi connectivity index (χ0) is 14.5. The fraction of sp³-hybridized carbons (Fsp3) is 0.533. The van der Waals surface area contributed by atoms with Crippen LogP contribution in [0.5, 0.6) is 0 Å². The highest BCUT2D eigenvalue weighted by atomic mass is 16.4. The number of hydrogen-bond acceptors (Lipinski definition) is 3. The first-order valence-corrected chi connectivity index (χ1v) is 7.02. The number of pyridine rings is 1. The van der Waals surface area contributed by atoms with Gasteiger partial charge < -0.3 is 10.4 Å². The summed E-state index contributed by atoms with van der Waals surface area (Å²) in [6.07, 6.45) is 6.42. The number of carbonyl (C=O) groups is 2. The van der Waals surface area contributed by atoms with E-state index in [9.17, 15) is 14.7 Å². The zero-order valence-corrected chi connectivity index (χ0v) is 11.6. The zero-order valence-electron chi connectivity index (χ0n) is 11.6. The van der Waals surface area contributed by atoms with Crippen molar-refractivity contribution in [2.45, 2.75) is 38.6 Å². The van der Waals surface area contributed by atoms with Crippen molar-refractivity contribution in [3.63, 3.8) is 0 Å². The van der Waals surface area contributed by atoms with Crippen LogP contribution >= 0.6 is 0 Å². The molecule has 1 saturated carbocycles. The van der Waals surface area contributed by atoms with Crippen LogP contribution in [0.25, 0.3) is 0 Å². The van der Waals surface area contributed by atoms with E-state index in [2.05, 4.69) is 10.3 Å². The number of carboxylic acids is 1. The molecule has 1 aromatic heterocycles. The van der Waals surface area contributed by atoms with E-state index in [0.717, 1.165) is 18.4 Å². The minimum Gasteiger partial charge on any atom is -0.481 e. The van der Waals surface area contributed by atoms with Crippen LogP contribution in [0.3, 0.4) is 0 Å². The topological polar surface area (TPSA) is 79.3 Å². The van der Waals surface area contributed by atoms with E-state index in [-0.39, 0.29) is 11.9 Å². The van der Waals surface area contributed by atoms with E-state index in [0.29, 0.717) is 12.8 Å². The van der Waals surface area contributed by atoms with Crippen molar-refractivity contribution in [3.05, 3.63) is 30.1 Å². The molecule has 108 valence electrons. The number of aromatic nitrogens is 1. The Balaban J connectivity index is 2.01. The normalized spacial score (nSPS) is 23.9. The maximum atomic E-state index is 12.3. The molecule has 1 amide bonds. The van der Waals surface area contributed by atoms with Gasteiger partial charge in [0.2, 0.25) is 5.91 Å². The SMILES string of the molecule is CC(NC(=O)[C@@H]1CCCC[C@@H]1C(=O)O)c1ccncc1. The lowest BCUT2D eigenvalue weighted by molar-refractivity contribution is -0.149. The second kappa shape index (κ2) is 6.50. The van der Waals surface area contributed by atoms with Gasteiger partial charge in [0, 0.05) is 12.4 Å². The predicted octanol–water partition coefficient (Wildman–Crippen LogP) is 2.15. The molecular weight excluding hydrogens is 256 g/mol. The summed E-state index contributed by atoms with van der Waals surface area (Å²) in [6.45, 7) is 1.89. The number of aliphatic carboxylic acids is 1. The van der Waals surface area contributed by atoms with E-state index in [1.807, 2.05) is 19.1 Å². The molecule has 2 rings (SSSR count). The lowest BCUT2D eigenvalue weighted by Crippen LogP contribution is -2.40. The molecule has 0 aromatic carbocycles. The highest BCUT2D eigenvalue weighted by molar-refractivity contribution is 5.85.